The van der Waals surface area contributed by atoms with E-state index >= 15 is 0 Å². The molecular formula is C57H110O17P2. The van der Waals surface area contributed by atoms with Crippen LogP contribution in [0.25, 0.3) is 0 Å². The number of aliphatic hydroxyl groups is 1. The predicted octanol–water partition coefficient (Wildman–Crippen LogP) is 15.1. The van der Waals surface area contributed by atoms with E-state index in [0.717, 1.165) is 115 Å². The number of aliphatic hydroxyl groups excluding tert-OH is 1. The summed E-state index contributed by atoms with van der Waals surface area (Å²) in [5.74, 6) is -1.36. The Balaban J connectivity index is 5.17. The fourth-order valence-electron chi connectivity index (χ4n) is 8.31. The maximum atomic E-state index is 12.9. The highest BCUT2D eigenvalue weighted by atomic mass is 31.2. The Hall–Kier alpha value is -1.94. The molecule has 0 aromatic rings. The fourth-order valence-corrected chi connectivity index (χ4v) is 9.89. The molecule has 0 heterocycles. The van der Waals surface area contributed by atoms with Crippen LogP contribution in [-0.2, 0) is 65.4 Å². The zero-order valence-electron chi connectivity index (χ0n) is 48.4. The van der Waals surface area contributed by atoms with Crippen molar-refractivity contribution in [3.8, 4) is 0 Å². The summed E-state index contributed by atoms with van der Waals surface area (Å²) in [5, 5.41) is 10.5. The van der Waals surface area contributed by atoms with Gasteiger partial charge in [-0.25, -0.2) is 9.13 Å². The molecule has 0 spiro atoms. The van der Waals surface area contributed by atoms with Crippen LogP contribution in [0.2, 0.25) is 0 Å². The molecule has 0 aliphatic carbocycles. The molecule has 3 N–H and O–H groups in total. The van der Waals surface area contributed by atoms with Crippen LogP contribution in [0.15, 0.2) is 0 Å². The van der Waals surface area contributed by atoms with E-state index in [-0.39, 0.29) is 25.7 Å². The Kier molecular flexibility index (Phi) is 49.9. The van der Waals surface area contributed by atoms with Gasteiger partial charge < -0.3 is 33.8 Å². The molecule has 17 nitrogen and oxygen atoms in total. The third-order valence-electron chi connectivity index (χ3n) is 13.4. The number of hydrogen-bond donors (Lipinski definition) is 3. The van der Waals surface area contributed by atoms with Crippen molar-refractivity contribution in [1.82, 2.24) is 0 Å². The van der Waals surface area contributed by atoms with E-state index in [1.54, 1.807) is 0 Å². The minimum atomic E-state index is -4.93. The van der Waals surface area contributed by atoms with Crippen LogP contribution in [0.4, 0.5) is 0 Å². The predicted molar refractivity (Wildman–Crippen MR) is 298 cm³/mol. The molecule has 0 aromatic heterocycles. The molecule has 0 fully saturated rings. The monoisotopic (exact) mass is 1130 g/mol. The maximum Gasteiger partial charge on any atom is 0.472 e. The highest BCUT2D eigenvalue weighted by Crippen LogP contribution is 2.45. The number of rotatable bonds is 57. The Bertz CT molecular complexity index is 1500. The Labute approximate surface area is 460 Å². The van der Waals surface area contributed by atoms with Crippen molar-refractivity contribution < 1.29 is 80.2 Å². The van der Waals surface area contributed by atoms with Crippen LogP contribution < -0.4 is 0 Å². The molecule has 0 saturated carbocycles. The second-order valence-electron chi connectivity index (χ2n) is 20.9. The summed E-state index contributed by atoms with van der Waals surface area (Å²) < 4.78 is 67.4. The van der Waals surface area contributed by atoms with Gasteiger partial charge in [-0.2, -0.15) is 0 Å². The number of carbonyl (C=O) groups is 4. The van der Waals surface area contributed by atoms with Crippen molar-refractivity contribution in [1.29, 1.82) is 0 Å². The maximum absolute atomic E-state index is 12.9. The van der Waals surface area contributed by atoms with Crippen molar-refractivity contribution in [2.45, 2.75) is 297 Å². The SMILES string of the molecule is CCCCCCCCCCCCC(=O)OC[C@H](COP(=O)(O)OC[C@@H](O)COP(=O)(O)OC[C@@H](COC(=O)CCCCCCC)OC(=O)CCCCCCCCC)OC(=O)CCCCCCCCCCCCC(C)CC. The molecule has 0 aliphatic heterocycles. The third-order valence-corrected chi connectivity index (χ3v) is 15.3. The van der Waals surface area contributed by atoms with E-state index in [1.165, 1.54) is 83.5 Å². The van der Waals surface area contributed by atoms with Gasteiger partial charge in [-0.05, 0) is 31.6 Å². The molecule has 0 amide bonds. The van der Waals surface area contributed by atoms with Crippen LogP contribution in [0, 0.1) is 5.92 Å². The van der Waals surface area contributed by atoms with Crippen molar-refractivity contribution in [2.75, 3.05) is 39.6 Å². The van der Waals surface area contributed by atoms with Gasteiger partial charge in [-0.1, -0.05) is 227 Å². The fraction of sp³-hybridized carbons (Fsp3) is 0.930. The molecule has 0 bridgehead atoms. The first kappa shape index (κ1) is 74.1. The van der Waals surface area contributed by atoms with Crippen molar-refractivity contribution >= 4 is 39.5 Å². The lowest BCUT2D eigenvalue weighted by atomic mass is 9.99. The van der Waals surface area contributed by atoms with E-state index in [9.17, 15) is 43.2 Å². The standard InChI is InChI=1S/C57H110O17P2/c1-6-10-13-16-18-19-23-27-31-36-41-55(60)68-47-53(74-57(62)43-38-33-28-24-21-20-22-26-30-34-39-50(5)9-4)49-72-76(65,66)70-45-51(58)44-69-75(63,64)71-48-52(46-67-54(59)40-35-29-15-12-8-3)73-56(61)42-37-32-25-17-14-11-7-2/h50-53,58H,6-49H2,1-5H3,(H,63,64)(H,65,66)/t50?,51-,52+,53+/m0/s1. The summed E-state index contributed by atoms with van der Waals surface area (Å²) >= 11 is 0. The third kappa shape index (κ3) is 50.3. The van der Waals surface area contributed by atoms with Crippen LogP contribution in [0.5, 0.6) is 0 Å². The smallest absolute Gasteiger partial charge is 0.462 e. The number of carbonyl (C=O) groups excluding carboxylic acids is 4. The summed E-state index contributed by atoms with van der Waals surface area (Å²) in [6, 6.07) is 0. The molecule has 450 valence electrons. The highest BCUT2D eigenvalue weighted by Gasteiger charge is 2.30. The molecule has 0 aliphatic rings. The van der Waals surface area contributed by atoms with Gasteiger partial charge in [0.2, 0.25) is 0 Å². The minimum absolute atomic E-state index is 0.103. The van der Waals surface area contributed by atoms with Crippen molar-refractivity contribution in [3.05, 3.63) is 0 Å². The minimum Gasteiger partial charge on any atom is -0.462 e. The van der Waals surface area contributed by atoms with Gasteiger partial charge >= 0.3 is 39.5 Å². The van der Waals surface area contributed by atoms with E-state index in [4.69, 9.17) is 37.0 Å². The quantitative estimate of drug-likeness (QED) is 0.0222. The summed E-state index contributed by atoms with van der Waals surface area (Å²) in [6.45, 7) is 7.02. The second-order valence-corrected chi connectivity index (χ2v) is 23.8. The van der Waals surface area contributed by atoms with Gasteiger partial charge in [0.25, 0.3) is 0 Å². The Morgan fingerprint density at radius 2 is 0.632 bits per heavy atom. The van der Waals surface area contributed by atoms with Gasteiger partial charge in [0.15, 0.2) is 12.2 Å². The number of phosphoric acid groups is 2. The average molecular weight is 1130 g/mol. The lowest BCUT2D eigenvalue weighted by molar-refractivity contribution is -0.161. The van der Waals surface area contributed by atoms with Crippen molar-refractivity contribution in [2.24, 2.45) is 5.92 Å². The normalized spacial score (nSPS) is 14.8. The molecular weight excluding hydrogens is 1020 g/mol. The summed E-state index contributed by atoms with van der Waals surface area (Å²) in [5.41, 5.74) is 0. The lowest BCUT2D eigenvalue weighted by Crippen LogP contribution is -2.30. The van der Waals surface area contributed by atoms with Crippen LogP contribution in [0.3, 0.4) is 0 Å². The Morgan fingerprint density at radius 3 is 0.934 bits per heavy atom. The Morgan fingerprint density at radius 1 is 0.368 bits per heavy atom. The van der Waals surface area contributed by atoms with Gasteiger partial charge in [0.05, 0.1) is 26.4 Å². The van der Waals surface area contributed by atoms with Crippen LogP contribution in [0.1, 0.15) is 279 Å². The van der Waals surface area contributed by atoms with Gasteiger partial charge in [-0.3, -0.25) is 37.3 Å². The van der Waals surface area contributed by atoms with E-state index in [0.29, 0.717) is 25.7 Å². The first-order chi connectivity index (χ1) is 36.6. The molecule has 0 rings (SSSR count). The van der Waals surface area contributed by atoms with Gasteiger partial charge in [0, 0.05) is 25.7 Å². The number of hydrogen-bond acceptors (Lipinski definition) is 15. The van der Waals surface area contributed by atoms with E-state index in [1.807, 2.05) is 0 Å². The summed E-state index contributed by atoms with van der Waals surface area (Å²) in [6.07, 6.45) is 32.5. The zero-order valence-corrected chi connectivity index (χ0v) is 50.2. The number of phosphoric ester groups is 2. The largest absolute Gasteiger partial charge is 0.472 e. The molecule has 6 atom stereocenters. The summed E-state index contributed by atoms with van der Waals surface area (Å²) in [7, 11) is -9.86. The molecule has 76 heavy (non-hydrogen) atoms. The molecule has 0 aromatic carbocycles. The second kappa shape index (κ2) is 51.2. The van der Waals surface area contributed by atoms with Crippen molar-refractivity contribution in [3.63, 3.8) is 0 Å². The molecule has 19 heteroatoms. The van der Waals surface area contributed by atoms with Gasteiger partial charge in [0.1, 0.15) is 19.3 Å². The first-order valence-corrected chi connectivity index (χ1v) is 33.2. The first-order valence-electron chi connectivity index (χ1n) is 30.2. The topological polar surface area (TPSA) is 237 Å². The number of unbranched alkanes of at least 4 members (excludes halogenated alkanes) is 28. The highest BCUT2D eigenvalue weighted by molar-refractivity contribution is 7.47. The van der Waals surface area contributed by atoms with E-state index < -0.39 is 97.5 Å². The summed E-state index contributed by atoms with van der Waals surface area (Å²) in [4.78, 5) is 71.5. The lowest BCUT2D eigenvalue weighted by Gasteiger charge is -2.21. The molecule has 0 saturated heterocycles. The molecule has 3 unspecified atom stereocenters. The number of ether oxygens (including phenoxy) is 4. The van der Waals surface area contributed by atoms with Gasteiger partial charge in [-0.15, -0.1) is 0 Å². The van der Waals surface area contributed by atoms with Crippen LogP contribution in [-0.4, -0.2) is 96.7 Å². The molecule has 0 radical (unpaired) electrons. The van der Waals surface area contributed by atoms with E-state index in [2.05, 4.69) is 34.6 Å². The zero-order chi connectivity index (χ0) is 56.4. The average Bonchev–Trinajstić information content (AvgIpc) is 3.39. The van der Waals surface area contributed by atoms with Crippen LogP contribution >= 0.6 is 15.6 Å². The number of esters is 4.